The summed E-state index contributed by atoms with van der Waals surface area (Å²) in [5.74, 6) is -0.467. The number of amides is 1. The number of rotatable bonds is 5. The van der Waals surface area contributed by atoms with Gasteiger partial charge in [-0.15, -0.1) is 0 Å². The number of halogens is 2. The number of nitrogens with zero attached hydrogens (tertiary/aromatic N) is 1. The van der Waals surface area contributed by atoms with Crippen molar-refractivity contribution in [3.05, 3.63) is 63.9 Å². The summed E-state index contributed by atoms with van der Waals surface area (Å²) in [6.45, 7) is 1.85. The first-order valence-corrected chi connectivity index (χ1v) is 7.55. The average molecular weight is 339 g/mol. The zero-order valence-electron chi connectivity index (χ0n) is 12.0. The van der Waals surface area contributed by atoms with Gasteiger partial charge in [0.25, 0.3) is 5.91 Å². The van der Waals surface area contributed by atoms with E-state index in [2.05, 4.69) is 10.3 Å². The Labute approximate surface area is 139 Å². The van der Waals surface area contributed by atoms with E-state index in [1.54, 1.807) is 30.5 Å². The second-order valence-corrected chi connectivity index (χ2v) is 5.88. The van der Waals surface area contributed by atoms with Crippen LogP contribution in [-0.2, 0) is 11.2 Å². The molecule has 0 fully saturated rings. The minimum atomic E-state index is -1.24. The highest BCUT2D eigenvalue weighted by Crippen LogP contribution is 2.22. The van der Waals surface area contributed by atoms with E-state index in [1.165, 1.54) is 6.20 Å². The van der Waals surface area contributed by atoms with Gasteiger partial charge in [-0.05, 0) is 37.1 Å². The Morgan fingerprint density at radius 1 is 1.36 bits per heavy atom. The van der Waals surface area contributed by atoms with Crippen molar-refractivity contribution in [2.75, 3.05) is 0 Å². The molecule has 0 saturated carbocycles. The second-order valence-electron chi connectivity index (χ2n) is 5.04. The van der Waals surface area contributed by atoms with Gasteiger partial charge in [0.1, 0.15) is 0 Å². The van der Waals surface area contributed by atoms with Crippen molar-refractivity contribution in [2.45, 2.75) is 25.5 Å². The lowest BCUT2D eigenvalue weighted by Crippen LogP contribution is -2.37. The van der Waals surface area contributed by atoms with Crippen molar-refractivity contribution in [1.82, 2.24) is 10.3 Å². The molecule has 0 aliphatic rings. The van der Waals surface area contributed by atoms with E-state index in [4.69, 9.17) is 23.2 Å². The number of aliphatic hydroxyl groups excluding tert-OH is 1. The van der Waals surface area contributed by atoms with E-state index in [0.717, 1.165) is 5.56 Å². The van der Waals surface area contributed by atoms with Crippen LogP contribution >= 0.6 is 23.2 Å². The van der Waals surface area contributed by atoms with Gasteiger partial charge in [-0.25, -0.2) is 0 Å². The topological polar surface area (TPSA) is 62.2 Å². The molecule has 0 radical (unpaired) electrons. The highest BCUT2D eigenvalue weighted by atomic mass is 35.5. The summed E-state index contributed by atoms with van der Waals surface area (Å²) >= 11 is 12.0. The molecule has 0 saturated heterocycles. The molecule has 2 unspecified atom stereocenters. The quantitative estimate of drug-likeness (QED) is 0.880. The fraction of sp³-hybridized carbons (Fsp3) is 0.250. The summed E-state index contributed by atoms with van der Waals surface area (Å²) < 4.78 is 0. The van der Waals surface area contributed by atoms with Gasteiger partial charge >= 0.3 is 0 Å². The fourth-order valence-corrected chi connectivity index (χ4v) is 2.56. The predicted octanol–water partition coefficient (Wildman–Crippen LogP) is 3.17. The Balaban J connectivity index is 1.96. The Bertz CT molecular complexity index is 650. The number of carbonyl (C=O) groups is 1. The van der Waals surface area contributed by atoms with E-state index in [0.29, 0.717) is 22.0 Å². The standard InChI is InChI=1S/C16H16Cl2N2O2/c1-10(7-11-4-5-13(17)8-14(11)18)20-16(22)15(21)12-3-2-6-19-9-12/h2-6,8-10,15,21H,7H2,1H3,(H,20,22). The third-order valence-corrected chi connectivity index (χ3v) is 3.77. The number of nitrogens with one attached hydrogen (secondary N) is 1. The van der Waals surface area contributed by atoms with E-state index in [9.17, 15) is 9.90 Å². The van der Waals surface area contributed by atoms with E-state index < -0.39 is 12.0 Å². The summed E-state index contributed by atoms with van der Waals surface area (Å²) in [6, 6.07) is 8.38. The maximum Gasteiger partial charge on any atom is 0.253 e. The molecule has 0 aliphatic carbocycles. The molecule has 1 aromatic heterocycles. The second kappa shape index (κ2) is 7.58. The molecular weight excluding hydrogens is 323 g/mol. The van der Waals surface area contributed by atoms with Crippen LogP contribution in [0.5, 0.6) is 0 Å². The summed E-state index contributed by atoms with van der Waals surface area (Å²) in [5.41, 5.74) is 1.34. The predicted molar refractivity (Wildman–Crippen MR) is 87.0 cm³/mol. The number of pyridine rings is 1. The van der Waals surface area contributed by atoms with E-state index in [1.807, 2.05) is 13.0 Å². The molecule has 2 N–H and O–H groups in total. The first-order valence-electron chi connectivity index (χ1n) is 6.79. The first-order chi connectivity index (χ1) is 10.5. The molecular formula is C16H16Cl2N2O2. The zero-order valence-corrected chi connectivity index (χ0v) is 13.5. The van der Waals surface area contributed by atoms with Gasteiger partial charge in [0.05, 0.1) is 0 Å². The van der Waals surface area contributed by atoms with Crippen molar-refractivity contribution in [3.63, 3.8) is 0 Å². The van der Waals surface area contributed by atoms with Crippen LogP contribution in [0.1, 0.15) is 24.2 Å². The molecule has 4 nitrogen and oxygen atoms in total. The molecule has 0 aliphatic heterocycles. The van der Waals surface area contributed by atoms with Crippen LogP contribution in [0.2, 0.25) is 10.0 Å². The highest BCUT2D eigenvalue weighted by molar-refractivity contribution is 6.35. The van der Waals surface area contributed by atoms with Crippen LogP contribution in [0.15, 0.2) is 42.7 Å². The van der Waals surface area contributed by atoms with E-state index in [-0.39, 0.29) is 6.04 Å². The van der Waals surface area contributed by atoms with Gasteiger partial charge in [-0.1, -0.05) is 35.3 Å². The minimum absolute atomic E-state index is 0.183. The number of carbonyl (C=O) groups excluding carboxylic acids is 1. The Morgan fingerprint density at radius 3 is 2.77 bits per heavy atom. The van der Waals surface area contributed by atoms with Crippen LogP contribution in [-0.4, -0.2) is 22.0 Å². The van der Waals surface area contributed by atoms with Crippen LogP contribution in [0.25, 0.3) is 0 Å². The highest BCUT2D eigenvalue weighted by Gasteiger charge is 2.19. The number of benzene rings is 1. The number of aliphatic hydroxyl groups is 1. The van der Waals surface area contributed by atoms with Crippen molar-refractivity contribution in [2.24, 2.45) is 0 Å². The lowest BCUT2D eigenvalue weighted by molar-refractivity contribution is -0.130. The van der Waals surface area contributed by atoms with Gasteiger partial charge in [0.2, 0.25) is 0 Å². The smallest absolute Gasteiger partial charge is 0.253 e. The van der Waals surface area contributed by atoms with Crippen molar-refractivity contribution < 1.29 is 9.90 Å². The van der Waals surface area contributed by atoms with Crippen LogP contribution in [0.3, 0.4) is 0 Å². The SMILES string of the molecule is CC(Cc1ccc(Cl)cc1Cl)NC(=O)C(O)c1cccnc1. The molecule has 2 atom stereocenters. The molecule has 0 spiro atoms. The summed E-state index contributed by atoms with van der Waals surface area (Å²) in [6.07, 6.45) is 2.35. The van der Waals surface area contributed by atoms with E-state index >= 15 is 0 Å². The Morgan fingerprint density at radius 2 is 2.14 bits per heavy atom. The van der Waals surface area contributed by atoms with Gasteiger partial charge in [-0.2, -0.15) is 0 Å². The molecule has 6 heteroatoms. The van der Waals surface area contributed by atoms with Crippen molar-refractivity contribution in [3.8, 4) is 0 Å². The average Bonchev–Trinajstić information content (AvgIpc) is 2.50. The Kier molecular flexibility index (Phi) is 5.77. The first kappa shape index (κ1) is 16.7. The monoisotopic (exact) mass is 338 g/mol. The molecule has 2 aromatic rings. The third kappa shape index (κ3) is 4.44. The molecule has 116 valence electrons. The van der Waals surface area contributed by atoms with Crippen LogP contribution in [0.4, 0.5) is 0 Å². The maximum atomic E-state index is 12.0. The van der Waals surface area contributed by atoms with Gasteiger partial charge in [-0.3, -0.25) is 9.78 Å². The molecule has 2 rings (SSSR count). The fourth-order valence-electron chi connectivity index (χ4n) is 2.08. The van der Waals surface area contributed by atoms with Crippen molar-refractivity contribution >= 4 is 29.1 Å². The lowest BCUT2D eigenvalue weighted by atomic mass is 10.1. The van der Waals surface area contributed by atoms with Crippen LogP contribution < -0.4 is 5.32 Å². The molecule has 1 amide bonds. The minimum Gasteiger partial charge on any atom is -0.378 e. The number of hydrogen-bond acceptors (Lipinski definition) is 3. The molecule has 22 heavy (non-hydrogen) atoms. The lowest BCUT2D eigenvalue weighted by Gasteiger charge is -2.17. The Hall–Kier alpha value is -1.62. The number of hydrogen-bond donors (Lipinski definition) is 2. The maximum absolute atomic E-state index is 12.0. The summed E-state index contributed by atoms with van der Waals surface area (Å²) in [5, 5.41) is 13.9. The zero-order chi connectivity index (χ0) is 16.1. The summed E-state index contributed by atoms with van der Waals surface area (Å²) in [7, 11) is 0. The molecule has 0 bridgehead atoms. The normalized spacial score (nSPS) is 13.5. The van der Waals surface area contributed by atoms with Gasteiger partial charge in [0, 0.05) is 34.0 Å². The molecule has 1 aromatic carbocycles. The van der Waals surface area contributed by atoms with Gasteiger partial charge in [0.15, 0.2) is 6.10 Å². The largest absolute Gasteiger partial charge is 0.378 e. The molecule has 1 heterocycles. The van der Waals surface area contributed by atoms with Crippen LogP contribution in [0, 0.1) is 0 Å². The van der Waals surface area contributed by atoms with Gasteiger partial charge < -0.3 is 10.4 Å². The van der Waals surface area contributed by atoms with Crippen molar-refractivity contribution in [1.29, 1.82) is 0 Å². The third-order valence-electron chi connectivity index (χ3n) is 3.18. The summed E-state index contributed by atoms with van der Waals surface area (Å²) in [4.78, 5) is 15.9. The number of aromatic nitrogens is 1.